The molecule has 4 nitrogen and oxygen atoms in total. The summed E-state index contributed by atoms with van der Waals surface area (Å²) in [4.78, 5) is 25.7. The Bertz CT molecular complexity index is 759. The van der Waals surface area contributed by atoms with Crippen molar-refractivity contribution in [1.82, 2.24) is 5.32 Å². The molecule has 0 bridgehead atoms. The molecule has 1 aliphatic heterocycles. The highest BCUT2D eigenvalue weighted by Gasteiger charge is 2.26. The van der Waals surface area contributed by atoms with Crippen molar-refractivity contribution in [2.24, 2.45) is 0 Å². The van der Waals surface area contributed by atoms with Crippen LogP contribution in [0.15, 0.2) is 42.5 Å². The van der Waals surface area contributed by atoms with Crippen molar-refractivity contribution in [2.75, 3.05) is 18.0 Å². The molecule has 0 aliphatic carbocycles. The maximum Gasteiger partial charge on any atom is 0.255 e. The number of carbonyl (C=O) groups is 2. The Kier molecular flexibility index (Phi) is 4.30. The first-order chi connectivity index (χ1) is 11.1. The molecule has 1 heterocycles. The first-order valence-corrected chi connectivity index (χ1v) is 7.56. The maximum absolute atomic E-state index is 13.7. The number of carbonyl (C=O) groups excluding carboxylic acids is 2. The van der Waals surface area contributed by atoms with E-state index in [0.717, 1.165) is 11.3 Å². The van der Waals surface area contributed by atoms with Crippen LogP contribution in [0.25, 0.3) is 0 Å². The van der Waals surface area contributed by atoms with Crippen molar-refractivity contribution in [2.45, 2.75) is 6.42 Å². The summed E-state index contributed by atoms with van der Waals surface area (Å²) in [5.41, 5.74) is 1.65. The number of halogens is 2. The zero-order valence-corrected chi connectivity index (χ0v) is 12.9. The largest absolute Gasteiger partial charge is 0.350 e. The lowest BCUT2D eigenvalue weighted by molar-refractivity contribution is -0.117. The van der Waals surface area contributed by atoms with E-state index in [1.165, 1.54) is 18.2 Å². The monoisotopic (exact) mass is 332 g/mol. The molecule has 0 saturated carbocycles. The Labute approximate surface area is 137 Å². The van der Waals surface area contributed by atoms with Crippen LogP contribution in [0.2, 0.25) is 5.02 Å². The molecule has 0 saturated heterocycles. The number of hydrogen-bond donors (Lipinski definition) is 1. The fourth-order valence-corrected chi connectivity index (χ4v) is 2.89. The van der Waals surface area contributed by atoms with E-state index in [0.29, 0.717) is 13.0 Å². The molecular formula is C17H14ClFN2O2. The van der Waals surface area contributed by atoms with Gasteiger partial charge in [-0.05, 0) is 23.8 Å². The van der Waals surface area contributed by atoms with Gasteiger partial charge in [-0.3, -0.25) is 9.59 Å². The number of benzene rings is 2. The van der Waals surface area contributed by atoms with Gasteiger partial charge in [-0.15, -0.1) is 0 Å². The highest BCUT2D eigenvalue weighted by Crippen LogP contribution is 2.27. The Balaban J connectivity index is 1.64. The molecule has 2 aromatic carbocycles. The highest BCUT2D eigenvalue weighted by atomic mass is 35.5. The van der Waals surface area contributed by atoms with E-state index in [1.54, 1.807) is 4.90 Å². The number of anilines is 1. The average Bonchev–Trinajstić information content (AvgIpc) is 2.83. The van der Waals surface area contributed by atoms with E-state index in [1.807, 2.05) is 24.3 Å². The number of amides is 2. The minimum absolute atomic E-state index is 0.00984. The summed E-state index contributed by atoms with van der Waals surface area (Å²) < 4.78 is 13.7. The van der Waals surface area contributed by atoms with Gasteiger partial charge in [0.1, 0.15) is 5.82 Å². The summed E-state index contributed by atoms with van der Waals surface area (Å²) in [5, 5.41) is 2.66. The van der Waals surface area contributed by atoms with Crippen LogP contribution in [-0.2, 0) is 11.2 Å². The first kappa shape index (κ1) is 15.5. The fourth-order valence-electron chi connectivity index (χ4n) is 2.65. The molecular weight excluding hydrogens is 319 g/mol. The van der Waals surface area contributed by atoms with Gasteiger partial charge in [0.05, 0.1) is 17.0 Å². The van der Waals surface area contributed by atoms with E-state index in [4.69, 9.17) is 11.6 Å². The lowest BCUT2D eigenvalue weighted by Gasteiger charge is -2.18. The third kappa shape index (κ3) is 3.05. The lowest BCUT2D eigenvalue weighted by Crippen LogP contribution is -2.37. The summed E-state index contributed by atoms with van der Waals surface area (Å²) >= 11 is 5.86. The number of fused-ring (bicyclic) bond motifs is 1. The van der Waals surface area contributed by atoms with Gasteiger partial charge in [0.2, 0.25) is 5.91 Å². The van der Waals surface area contributed by atoms with Crippen molar-refractivity contribution in [3.8, 4) is 0 Å². The van der Waals surface area contributed by atoms with Gasteiger partial charge >= 0.3 is 0 Å². The molecule has 3 rings (SSSR count). The number of para-hydroxylation sites is 1. The minimum atomic E-state index is -0.669. The first-order valence-electron chi connectivity index (χ1n) is 7.18. The van der Waals surface area contributed by atoms with Gasteiger partial charge in [-0.2, -0.15) is 0 Å². The summed E-state index contributed by atoms with van der Waals surface area (Å²) in [6.45, 7) is 0.539. The van der Waals surface area contributed by atoms with Crippen LogP contribution in [0, 0.1) is 5.82 Å². The summed E-state index contributed by atoms with van der Waals surface area (Å²) in [5.74, 6) is -1.27. The van der Waals surface area contributed by atoms with Crippen molar-refractivity contribution in [3.05, 3.63) is 64.4 Å². The van der Waals surface area contributed by atoms with Gasteiger partial charge < -0.3 is 10.2 Å². The van der Waals surface area contributed by atoms with Crippen molar-refractivity contribution < 1.29 is 14.0 Å². The van der Waals surface area contributed by atoms with Crippen LogP contribution in [0.3, 0.4) is 0 Å². The van der Waals surface area contributed by atoms with Crippen LogP contribution < -0.4 is 10.2 Å². The molecule has 0 radical (unpaired) electrons. The Hall–Kier alpha value is -2.40. The zero-order chi connectivity index (χ0) is 16.4. The Morgan fingerprint density at radius 1 is 1.22 bits per heavy atom. The normalized spacial score (nSPS) is 13.1. The van der Waals surface area contributed by atoms with Crippen molar-refractivity contribution in [1.29, 1.82) is 0 Å². The number of hydrogen-bond acceptors (Lipinski definition) is 2. The second-order valence-electron chi connectivity index (χ2n) is 5.20. The Morgan fingerprint density at radius 2 is 2.00 bits per heavy atom. The molecule has 118 valence electrons. The molecule has 2 amide bonds. The summed E-state index contributed by atoms with van der Waals surface area (Å²) in [6.07, 6.45) is 0.364. The van der Waals surface area contributed by atoms with Crippen LogP contribution in [-0.4, -0.2) is 24.9 Å². The van der Waals surface area contributed by atoms with Crippen LogP contribution in [0.5, 0.6) is 0 Å². The maximum atomic E-state index is 13.7. The molecule has 0 fully saturated rings. The van der Waals surface area contributed by atoms with E-state index < -0.39 is 11.7 Å². The molecule has 1 N–H and O–H groups in total. The van der Waals surface area contributed by atoms with Gasteiger partial charge in [0, 0.05) is 18.8 Å². The lowest BCUT2D eigenvalue weighted by atomic mass is 10.2. The van der Waals surface area contributed by atoms with E-state index in [9.17, 15) is 14.0 Å². The van der Waals surface area contributed by atoms with Crippen molar-refractivity contribution in [3.63, 3.8) is 0 Å². The van der Waals surface area contributed by atoms with E-state index in [2.05, 4.69) is 5.32 Å². The summed E-state index contributed by atoms with van der Waals surface area (Å²) in [6, 6.07) is 11.6. The number of nitrogens with zero attached hydrogens (tertiary/aromatic N) is 1. The molecule has 1 aliphatic rings. The molecule has 6 heteroatoms. The zero-order valence-electron chi connectivity index (χ0n) is 12.2. The van der Waals surface area contributed by atoms with Crippen LogP contribution >= 0.6 is 11.6 Å². The predicted molar refractivity (Wildman–Crippen MR) is 86.2 cm³/mol. The van der Waals surface area contributed by atoms with Crippen LogP contribution in [0.1, 0.15) is 15.9 Å². The topological polar surface area (TPSA) is 49.4 Å². The predicted octanol–water partition coefficient (Wildman–Crippen LogP) is 2.80. The molecule has 0 aromatic heterocycles. The summed E-state index contributed by atoms with van der Waals surface area (Å²) in [7, 11) is 0. The van der Waals surface area contributed by atoms with Crippen LogP contribution in [0.4, 0.5) is 10.1 Å². The molecule has 0 unspecified atom stereocenters. The van der Waals surface area contributed by atoms with Gasteiger partial charge in [-0.25, -0.2) is 4.39 Å². The second-order valence-corrected chi connectivity index (χ2v) is 5.61. The molecule has 0 spiro atoms. The minimum Gasteiger partial charge on any atom is -0.350 e. The van der Waals surface area contributed by atoms with Gasteiger partial charge in [0.25, 0.3) is 5.91 Å². The quantitative estimate of drug-likeness (QED) is 0.936. The fraction of sp³-hybridized carbons (Fsp3) is 0.176. The van der Waals surface area contributed by atoms with E-state index in [-0.39, 0.29) is 23.0 Å². The third-order valence-electron chi connectivity index (χ3n) is 3.74. The second kappa shape index (κ2) is 6.38. The SMILES string of the molecule is O=C(NCCN1C(=O)Cc2ccccc21)c1c(F)cccc1Cl. The molecule has 2 aromatic rings. The highest BCUT2D eigenvalue weighted by molar-refractivity contribution is 6.33. The van der Waals surface area contributed by atoms with Crippen molar-refractivity contribution >= 4 is 29.1 Å². The van der Waals surface area contributed by atoms with E-state index >= 15 is 0 Å². The number of nitrogens with one attached hydrogen (secondary N) is 1. The average molecular weight is 333 g/mol. The van der Waals surface area contributed by atoms with Gasteiger partial charge in [0.15, 0.2) is 0 Å². The Morgan fingerprint density at radius 3 is 2.78 bits per heavy atom. The standard InChI is InChI=1S/C17H14ClFN2O2/c18-12-5-3-6-13(19)16(12)17(23)20-8-9-21-14-7-2-1-4-11(14)10-15(21)22/h1-7H,8-10H2,(H,20,23). The van der Waals surface area contributed by atoms with Gasteiger partial charge in [-0.1, -0.05) is 35.9 Å². The third-order valence-corrected chi connectivity index (χ3v) is 4.05. The smallest absolute Gasteiger partial charge is 0.255 e. The molecule has 0 atom stereocenters. The number of rotatable bonds is 4. The molecule has 23 heavy (non-hydrogen) atoms.